The fraction of sp³-hybridized carbons (Fsp3) is 0.970. The summed E-state index contributed by atoms with van der Waals surface area (Å²) in [5.74, 6) is -0.00653. The number of hydrogen-bond donors (Lipinski definition) is 1. The molecule has 1 heterocycles. The van der Waals surface area contributed by atoms with Crippen LogP contribution in [0.2, 0.25) is 0 Å². The van der Waals surface area contributed by atoms with E-state index in [0.29, 0.717) is 19.1 Å². The number of carbonyl (C=O) groups excluding carboxylic acids is 1. The van der Waals surface area contributed by atoms with Gasteiger partial charge in [0.05, 0.1) is 12.7 Å². The molecule has 2 rings (SSSR count). The van der Waals surface area contributed by atoms with Crippen LogP contribution < -0.4 is 5.32 Å². The second-order valence-corrected chi connectivity index (χ2v) is 13.4. The molecular weight excluding hydrogens is 458 g/mol. The van der Waals surface area contributed by atoms with Crippen LogP contribution in [0.5, 0.6) is 0 Å². The molecule has 1 N–H and O–H groups in total. The lowest BCUT2D eigenvalue weighted by Gasteiger charge is -2.47. The summed E-state index contributed by atoms with van der Waals surface area (Å²) in [7, 11) is 0. The molecule has 1 aliphatic heterocycles. The first-order chi connectivity index (χ1) is 17.8. The maximum Gasteiger partial charge on any atom is 0.306 e. The molecule has 4 nitrogen and oxygen atoms in total. The zero-order chi connectivity index (χ0) is 26.8. The van der Waals surface area contributed by atoms with Crippen molar-refractivity contribution in [1.82, 2.24) is 5.32 Å². The summed E-state index contributed by atoms with van der Waals surface area (Å²) in [4.78, 5) is 12.6. The Balaban J connectivity index is 1.49. The molecule has 2 fully saturated rings. The average molecular weight is 522 g/mol. The van der Waals surface area contributed by atoms with Gasteiger partial charge in [-0.1, -0.05) is 116 Å². The molecular formula is C33H63NO3. The summed E-state index contributed by atoms with van der Waals surface area (Å²) in [6.45, 7) is 9.68. The van der Waals surface area contributed by atoms with Gasteiger partial charge in [-0.15, -0.1) is 0 Å². The van der Waals surface area contributed by atoms with Gasteiger partial charge in [0, 0.05) is 30.3 Å². The molecule has 1 saturated carbocycles. The number of unbranched alkanes of at least 4 members (excludes halogenated alkanes) is 14. The van der Waals surface area contributed by atoms with E-state index in [1.807, 2.05) is 0 Å². The highest BCUT2D eigenvalue weighted by atomic mass is 16.5. The number of hydrogen-bond acceptors (Lipinski definition) is 4. The van der Waals surface area contributed by atoms with Crippen LogP contribution in [0.15, 0.2) is 0 Å². The molecule has 1 aliphatic carbocycles. The van der Waals surface area contributed by atoms with Crippen LogP contribution in [0.4, 0.5) is 0 Å². The van der Waals surface area contributed by atoms with E-state index in [2.05, 4.69) is 33.0 Å². The minimum atomic E-state index is -0.140. The standard InChI is InChI=1S/C33H63NO3/c1-5-6-7-8-9-10-11-12-13-14-15-16-17-18-22-25-31(35)37-30-26-32(2,3)34-33(4,27-30)28-36-29-23-20-19-21-24-29/h29-30,34H,5-28H2,1-4H3. The van der Waals surface area contributed by atoms with Gasteiger partial charge in [0.2, 0.25) is 0 Å². The quantitative estimate of drug-likeness (QED) is 0.128. The van der Waals surface area contributed by atoms with E-state index in [0.717, 1.165) is 25.7 Å². The second-order valence-electron chi connectivity index (χ2n) is 13.4. The molecule has 1 saturated heterocycles. The van der Waals surface area contributed by atoms with E-state index >= 15 is 0 Å². The summed E-state index contributed by atoms with van der Waals surface area (Å²) in [5, 5.41) is 3.80. The third-order valence-electron chi connectivity index (χ3n) is 8.53. The topological polar surface area (TPSA) is 47.6 Å². The number of carbonyl (C=O) groups is 1. The summed E-state index contributed by atoms with van der Waals surface area (Å²) in [5.41, 5.74) is -0.193. The lowest BCUT2D eigenvalue weighted by Crippen LogP contribution is -2.63. The van der Waals surface area contributed by atoms with Gasteiger partial charge >= 0.3 is 5.97 Å². The highest BCUT2D eigenvalue weighted by Crippen LogP contribution is 2.32. The van der Waals surface area contributed by atoms with Gasteiger partial charge in [0.15, 0.2) is 0 Å². The first kappa shape index (κ1) is 32.6. The molecule has 0 aromatic heterocycles. The van der Waals surface area contributed by atoms with Crippen LogP contribution in [0, 0.1) is 0 Å². The summed E-state index contributed by atoms with van der Waals surface area (Å²) >= 11 is 0. The predicted octanol–water partition coefficient (Wildman–Crippen LogP) is 9.43. The van der Waals surface area contributed by atoms with Gasteiger partial charge in [-0.2, -0.15) is 0 Å². The molecule has 2 atom stereocenters. The monoisotopic (exact) mass is 521 g/mol. The molecule has 37 heavy (non-hydrogen) atoms. The highest BCUT2D eigenvalue weighted by Gasteiger charge is 2.42. The van der Waals surface area contributed by atoms with Gasteiger partial charge in [0.1, 0.15) is 6.10 Å². The third-order valence-corrected chi connectivity index (χ3v) is 8.53. The Hall–Kier alpha value is -0.610. The van der Waals surface area contributed by atoms with Crippen LogP contribution >= 0.6 is 0 Å². The third kappa shape index (κ3) is 15.5. The Morgan fingerprint density at radius 1 is 0.703 bits per heavy atom. The van der Waals surface area contributed by atoms with Crippen molar-refractivity contribution >= 4 is 5.97 Å². The van der Waals surface area contributed by atoms with Crippen molar-refractivity contribution in [3.63, 3.8) is 0 Å². The van der Waals surface area contributed by atoms with Gasteiger partial charge in [0.25, 0.3) is 0 Å². The normalized spacial score (nSPS) is 24.3. The van der Waals surface area contributed by atoms with Crippen molar-refractivity contribution in [2.45, 2.75) is 199 Å². The second kappa shape index (κ2) is 18.6. The Morgan fingerprint density at radius 2 is 1.22 bits per heavy atom. The first-order valence-corrected chi connectivity index (χ1v) is 16.4. The predicted molar refractivity (Wildman–Crippen MR) is 157 cm³/mol. The lowest BCUT2D eigenvalue weighted by atomic mass is 9.80. The minimum absolute atomic E-state index is 0.00653. The van der Waals surface area contributed by atoms with E-state index in [9.17, 15) is 4.79 Å². The van der Waals surface area contributed by atoms with E-state index in [4.69, 9.17) is 9.47 Å². The van der Waals surface area contributed by atoms with Crippen molar-refractivity contribution < 1.29 is 14.3 Å². The van der Waals surface area contributed by atoms with Gasteiger partial charge in [-0.3, -0.25) is 4.79 Å². The maximum atomic E-state index is 12.6. The minimum Gasteiger partial charge on any atom is -0.462 e. The van der Waals surface area contributed by atoms with Crippen LogP contribution in [-0.4, -0.2) is 35.9 Å². The molecule has 0 aromatic carbocycles. The Morgan fingerprint density at radius 3 is 1.76 bits per heavy atom. The zero-order valence-electron chi connectivity index (χ0n) is 25.4. The van der Waals surface area contributed by atoms with Crippen LogP contribution in [0.25, 0.3) is 0 Å². The Labute approximate surface area is 230 Å². The van der Waals surface area contributed by atoms with Crippen LogP contribution in [-0.2, 0) is 14.3 Å². The molecule has 2 unspecified atom stereocenters. The SMILES string of the molecule is CCCCCCCCCCCCCCCCCC(=O)OC1CC(C)(C)NC(C)(COC2CCCCC2)C1. The van der Waals surface area contributed by atoms with Gasteiger partial charge in [-0.25, -0.2) is 0 Å². The zero-order valence-corrected chi connectivity index (χ0v) is 25.4. The van der Waals surface area contributed by atoms with E-state index in [1.165, 1.54) is 116 Å². The Kier molecular flexibility index (Phi) is 16.4. The molecule has 0 aromatic rings. The van der Waals surface area contributed by atoms with Crippen molar-refractivity contribution in [1.29, 1.82) is 0 Å². The number of rotatable bonds is 20. The first-order valence-electron chi connectivity index (χ1n) is 16.4. The number of ether oxygens (including phenoxy) is 2. The van der Waals surface area contributed by atoms with Crippen molar-refractivity contribution in [2.24, 2.45) is 0 Å². The van der Waals surface area contributed by atoms with E-state index in [1.54, 1.807) is 0 Å². The average Bonchev–Trinajstić information content (AvgIpc) is 2.84. The summed E-state index contributed by atoms with van der Waals surface area (Å²) < 4.78 is 12.3. The van der Waals surface area contributed by atoms with E-state index < -0.39 is 0 Å². The van der Waals surface area contributed by atoms with Gasteiger partial charge < -0.3 is 14.8 Å². The molecule has 0 spiro atoms. The largest absolute Gasteiger partial charge is 0.462 e. The number of piperidine rings is 1. The molecule has 4 heteroatoms. The molecule has 0 radical (unpaired) electrons. The molecule has 0 amide bonds. The van der Waals surface area contributed by atoms with E-state index in [-0.39, 0.29) is 23.2 Å². The highest BCUT2D eigenvalue weighted by molar-refractivity contribution is 5.69. The molecule has 2 aliphatic rings. The smallest absolute Gasteiger partial charge is 0.306 e. The van der Waals surface area contributed by atoms with Crippen LogP contribution in [0.1, 0.15) is 175 Å². The van der Waals surface area contributed by atoms with Crippen molar-refractivity contribution in [3.8, 4) is 0 Å². The molecule has 218 valence electrons. The fourth-order valence-corrected chi connectivity index (χ4v) is 6.66. The summed E-state index contributed by atoms with van der Waals surface area (Å²) in [6, 6.07) is 0. The van der Waals surface area contributed by atoms with Crippen molar-refractivity contribution in [2.75, 3.05) is 6.61 Å². The lowest BCUT2D eigenvalue weighted by molar-refractivity contribution is -0.154. The molecule has 0 bridgehead atoms. The fourth-order valence-electron chi connectivity index (χ4n) is 6.66. The summed E-state index contributed by atoms with van der Waals surface area (Å²) in [6.07, 6.45) is 29.1. The van der Waals surface area contributed by atoms with Crippen LogP contribution in [0.3, 0.4) is 0 Å². The Bertz CT molecular complexity index is 586. The number of nitrogens with one attached hydrogen (secondary N) is 1. The van der Waals surface area contributed by atoms with Crippen molar-refractivity contribution in [3.05, 3.63) is 0 Å². The number of esters is 1. The van der Waals surface area contributed by atoms with Gasteiger partial charge in [-0.05, 0) is 40.0 Å². The maximum absolute atomic E-state index is 12.6.